The number of anilines is 1. The second-order valence-electron chi connectivity index (χ2n) is 6.76. The summed E-state index contributed by atoms with van der Waals surface area (Å²) >= 11 is 0. The third kappa shape index (κ3) is 5.64. The number of nitrogens with zero attached hydrogens (tertiary/aromatic N) is 1. The van der Waals surface area contributed by atoms with E-state index in [1.165, 1.54) is 11.8 Å². The lowest BCUT2D eigenvalue weighted by Gasteiger charge is -2.34. The van der Waals surface area contributed by atoms with Crippen molar-refractivity contribution in [2.24, 2.45) is 0 Å². The van der Waals surface area contributed by atoms with Crippen LogP contribution in [0, 0.1) is 0 Å². The van der Waals surface area contributed by atoms with Crippen molar-refractivity contribution in [2.45, 2.75) is 33.2 Å². The lowest BCUT2D eigenvalue weighted by molar-refractivity contribution is -0.137. The summed E-state index contributed by atoms with van der Waals surface area (Å²) in [5.41, 5.74) is 0.249. The van der Waals surface area contributed by atoms with E-state index in [0.29, 0.717) is 11.4 Å². The third-order valence-corrected chi connectivity index (χ3v) is 3.61. The van der Waals surface area contributed by atoms with Crippen LogP contribution in [0.25, 0.3) is 0 Å². The van der Waals surface area contributed by atoms with Crippen LogP contribution in [-0.2, 0) is 9.59 Å². The molecule has 0 heterocycles. The fourth-order valence-electron chi connectivity index (χ4n) is 2.40. The van der Waals surface area contributed by atoms with E-state index in [2.05, 4.69) is 5.32 Å². The first-order chi connectivity index (χ1) is 11.8. The van der Waals surface area contributed by atoms with Crippen LogP contribution >= 0.6 is 0 Å². The average Bonchev–Trinajstić information content (AvgIpc) is 2.54. The highest BCUT2D eigenvalue weighted by atomic mass is 16.5. The molecule has 0 aliphatic carbocycles. The van der Waals surface area contributed by atoms with E-state index in [0.717, 1.165) is 5.75 Å². The Balaban J connectivity index is 1.96. The summed E-state index contributed by atoms with van der Waals surface area (Å²) in [6.45, 7) is 7.18. The van der Waals surface area contributed by atoms with Gasteiger partial charge in [0.15, 0.2) is 0 Å². The van der Waals surface area contributed by atoms with E-state index in [1.54, 1.807) is 24.3 Å². The molecular weight excluding hydrogens is 316 g/mol. The molecule has 0 spiro atoms. The SMILES string of the molecule is CC(=O)N(CC(=O)Nc1ccc(Oc2ccccc2)cc1)C(C)(C)C. The lowest BCUT2D eigenvalue weighted by Crippen LogP contribution is -2.48. The molecule has 0 bridgehead atoms. The molecule has 0 saturated carbocycles. The summed E-state index contributed by atoms with van der Waals surface area (Å²) in [6, 6.07) is 16.6. The van der Waals surface area contributed by atoms with Gasteiger partial charge in [-0.2, -0.15) is 0 Å². The number of hydrogen-bond donors (Lipinski definition) is 1. The monoisotopic (exact) mass is 340 g/mol. The average molecular weight is 340 g/mol. The van der Waals surface area contributed by atoms with Gasteiger partial charge in [-0.1, -0.05) is 18.2 Å². The van der Waals surface area contributed by atoms with Gasteiger partial charge in [0, 0.05) is 18.2 Å². The number of ether oxygens (including phenoxy) is 1. The number of carbonyl (C=O) groups is 2. The highest BCUT2D eigenvalue weighted by Gasteiger charge is 2.25. The van der Waals surface area contributed by atoms with Gasteiger partial charge >= 0.3 is 0 Å². The molecule has 132 valence electrons. The Kier molecular flexibility index (Phi) is 5.80. The largest absolute Gasteiger partial charge is 0.457 e. The number of carbonyl (C=O) groups excluding carboxylic acids is 2. The van der Waals surface area contributed by atoms with Crippen molar-refractivity contribution in [1.82, 2.24) is 4.90 Å². The second-order valence-corrected chi connectivity index (χ2v) is 6.76. The topological polar surface area (TPSA) is 58.6 Å². The van der Waals surface area contributed by atoms with Crippen LogP contribution in [0.4, 0.5) is 5.69 Å². The zero-order valence-electron chi connectivity index (χ0n) is 15.1. The van der Waals surface area contributed by atoms with Gasteiger partial charge in [-0.3, -0.25) is 9.59 Å². The minimum Gasteiger partial charge on any atom is -0.457 e. The fraction of sp³-hybridized carbons (Fsp3) is 0.300. The maximum Gasteiger partial charge on any atom is 0.244 e. The Hall–Kier alpha value is -2.82. The maximum absolute atomic E-state index is 12.2. The molecule has 5 nitrogen and oxygen atoms in total. The number of para-hydroxylation sites is 1. The Morgan fingerprint density at radius 3 is 2.04 bits per heavy atom. The molecule has 2 aromatic rings. The molecule has 25 heavy (non-hydrogen) atoms. The van der Waals surface area contributed by atoms with Crippen molar-refractivity contribution in [1.29, 1.82) is 0 Å². The van der Waals surface area contributed by atoms with E-state index < -0.39 is 5.54 Å². The third-order valence-electron chi connectivity index (χ3n) is 3.61. The molecule has 2 aromatic carbocycles. The van der Waals surface area contributed by atoms with Gasteiger partial charge in [0.1, 0.15) is 18.0 Å². The summed E-state index contributed by atoms with van der Waals surface area (Å²) < 4.78 is 5.71. The molecule has 0 aliphatic heterocycles. The minimum atomic E-state index is -0.406. The van der Waals surface area contributed by atoms with Crippen LogP contribution in [0.2, 0.25) is 0 Å². The highest BCUT2D eigenvalue weighted by molar-refractivity contribution is 5.94. The number of benzene rings is 2. The Labute approximate surface area is 148 Å². The first kappa shape index (κ1) is 18.5. The molecule has 5 heteroatoms. The van der Waals surface area contributed by atoms with E-state index in [4.69, 9.17) is 4.74 Å². The predicted octanol–water partition coefficient (Wildman–Crippen LogP) is 4.06. The standard InChI is InChI=1S/C20H24N2O3/c1-15(23)22(20(2,3)4)14-19(24)21-16-10-12-18(13-11-16)25-17-8-6-5-7-9-17/h5-13H,14H2,1-4H3,(H,21,24). The van der Waals surface area contributed by atoms with Crippen LogP contribution in [0.5, 0.6) is 11.5 Å². The van der Waals surface area contributed by atoms with Gasteiger partial charge in [-0.05, 0) is 57.2 Å². The van der Waals surface area contributed by atoms with Crippen LogP contribution < -0.4 is 10.1 Å². The molecule has 0 unspecified atom stereocenters. The summed E-state index contributed by atoms with van der Waals surface area (Å²) in [4.78, 5) is 25.5. The normalized spacial score (nSPS) is 10.9. The molecular formula is C20H24N2O3. The maximum atomic E-state index is 12.2. The summed E-state index contributed by atoms with van der Waals surface area (Å²) in [6.07, 6.45) is 0. The Morgan fingerprint density at radius 1 is 0.960 bits per heavy atom. The number of nitrogens with one attached hydrogen (secondary N) is 1. The van der Waals surface area contributed by atoms with Gasteiger partial charge in [-0.15, -0.1) is 0 Å². The zero-order chi connectivity index (χ0) is 18.4. The van der Waals surface area contributed by atoms with Crippen molar-refractivity contribution >= 4 is 17.5 Å². The second kappa shape index (κ2) is 7.83. The fourth-order valence-corrected chi connectivity index (χ4v) is 2.40. The molecule has 0 atom stereocenters. The van der Waals surface area contributed by atoms with Gasteiger partial charge in [0.2, 0.25) is 11.8 Å². The van der Waals surface area contributed by atoms with Crippen molar-refractivity contribution in [2.75, 3.05) is 11.9 Å². The predicted molar refractivity (Wildman–Crippen MR) is 98.7 cm³/mol. The number of hydrogen-bond acceptors (Lipinski definition) is 3. The summed E-state index contributed by atoms with van der Waals surface area (Å²) in [5, 5.41) is 2.80. The van der Waals surface area contributed by atoms with E-state index >= 15 is 0 Å². The minimum absolute atomic E-state index is 0.0150. The van der Waals surface area contributed by atoms with Crippen molar-refractivity contribution in [3.05, 3.63) is 54.6 Å². The van der Waals surface area contributed by atoms with Crippen LogP contribution in [-0.4, -0.2) is 28.8 Å². The molecule has 1 N–H and O–H groups in total. The molecule has 0 aromatic heterocycles. The number of rotatable bonds is 5. The molecule has 0 aliphatic rings. The van der Waals surface area contributed by atoms with E-state index in [9.17, 15) is 9.59 Å². The Morgan fingerprint density at radius 2 is 1.52 bits per heavy atom. The molecule has 2 rings (SSSR count). The lowest BCUT2D eigenvalue weighted by atomic mass is 10.1. The summed E-state index contributed by atoms with van der Waals surface area (Å²) in [5.74, 6) is 1.07. The first-order valence-corrected chi connectivity index (χ1v) is 8.17. The zero-order valence-corrected chi connectivity index (χ0v) is 15.1. The smallest absolute Gasteiger partial charge is 0.244 e. The van der Waals surface area contributed by atoms with Gasteiger partial charge < -0.3 is 15.0 Å². The Bertz CT molecular complexity index is 719. The summed E-state index contributed by atoms with van der Waals surface area (Å²) in [7, 11) is 0. The first-order valence-electron chi connectivity index (χ1n) is 8.17. The van der Waals surface area contributed by atoms with Crippen molar-refractivity contribution in [3.63, 3.8) is 0 Å². The van der Waals surface area contributed by atoms with E-state index in [1.807, 2.05) is 51.1 Å². The van der Waals surface area contributed by atoms with Gasteiger partial charge in [0.05, 0.1) is 0 Å². The quantitative estimate of drug-likeness (QED) is 0.893. The molecule has 0 radical (unpaired) electrons. The number of amides is 2. The molecule has 2 amide bonds. The van der Waals surface area contributed by atoms with Gasteiger partial charge in [0.25, 0.3) is 0 Å². The van der Waals surface area contributed by atoms with Crippen molar-refractivity contribution in [3.8, 4) is 11.5 Å². The highest BCUT2D eigenvalue weighted by Crippen LogP contribution is 2.22. The van der Waals surface area contributed by atoms with Crippen LogP contribution in [0.1, 0.15) is 27.7 Å². The van der Waals surface area contributed by atoms with Crippen molar-refractivity contribution < 1.29 is 14.3 Å². The van der Waals surface area contributed by atoms with Crippen LogP contribution in [0.15, 0.2) is 54.6 Å². The molecule has 0 saturated heterocycles. The van der Waals surface area contributed by atoms with Crippen LogP contribution in [0.3, 0.4) is 0 Å². The van der Waals surface area contributed by atoms with Gasteiger partial charge in [-0.25, -0.2) is 0 Å². The van der Waals surface area contributed by atoms with E-state index in [-0.39, 0.29) is 18.4 Å². The molecule has 0 fully saturated rings.